The largest absolute Gasteiger partial charge is 0.418 e. The van der Waals surface area contributed by atoms with Crippen molar-refractivity contribution in [1.29, 1.82) is 0 Å². The number of methoxy groups -OCH3 is 1. The van der Waals surface area contributed by atoms with E-state index in [9.17, 15) is 14.0 Å². The number of carbonyl (C=O) groups excluding carboxylic acids is 2. The van der Waals surface area contributed by atoms with Gasteiger partial charge in [0, 0.05) is 25.0 Å². The molecule has 0 radical (unpaired) electrons. The first kappa shape index (κ1) is 21.8. The molecule has 1 aliphatic carbocycles. The quantitative estimate of drug-likeness (QED) is 0.657. The van der Waals surface area contributed by atoms with E-state index >= 15 is 0 Å². The Balaban J connectivity index is 1.65. The van der Waals surface area contributed by atoms with Gasteiger partial charge in [0.1, 0.15) is 12.2 Å². The van der Waals surface area contributed by atoms with Crippen molar-refractivity contribution in [3.8, 4) is 0 Å². The molecular weight excluding hydrogens is 379 g/mol. The number of Topliss-reactive ketones (excluding diaryl/α,β-unsaturated/α-hetero) is 1. The third-order valence-corrected chi connectivity index (χ3v) is 5.70. The van der Waals surface area contributed by atoms with Crippen LogP contribution < -0.4 is 5.32 Å². The van der Waals surface area contributed by atoms with Gasteiger partial charge in [-0.2, -0.15) is 0 Å². The van der Waals surface area contributed by atoms with Gasteiger partial charge >= 0.3 is 0 Å². The van der Waals surface area contributed by atoms with Crippen LogP contribution in [0.3, 0.4) is 0 Å². The van der Waals surface area contributed by atoms with Crippen molar-refractivity contribution in [3.63, 3.8) is 0 Å². The average molecular weight is 410 g/mol. The van der Waals surface area contributed by atoms with Crippen molar-refractivity contribution in [2.45, 2.75) is 76.0 Å². The van der Waals surface area contributed by atoms with E-state index in [1.807, 2.05) is 13.8 Å². The number of amides is 1. The lowest BCUT2D eigenvalue weighted by atomic mass is 9.89. The van der Waals surface area contributed by atoms with Gasteiger partial charge < -0.3 is 19.4 Å². The maximum atomic E-state index is 14.1. The molecule has 0 spiro atoms. The summed E-state index contributed by atoms with van der Waals surface area (Å²) in [6.45, 7) is 4.11. The zero-order valence-corrected chi connectivity index (χ0v) is 17.4. The normalized spacial score (nSPS) is 23.5. The van der Waals surface area contributed by atoms with Gasteiger partial charge in [0.2, 0.25) is 17.6 Å². The second-order valence-corrected chi connectivity index (χ2v) is 8.71. The van der Waals surface area contributed by atoms with Crippen LogP contribution in [0.4, 0.5) is 4.39 Å². The van der Waals surface area contributed by atoms with Gasteiger partial charge in [0.05, 0.1) is 19.7 Å². The molecule has 2 aliphatic rings. The number of alkyl halides is 1. The number of nitrogens with zero attached hydrogens (tertiary/aromatic N) is 3. The number of ether oxygens (including phenoxy) is 1. The van der Waals surface area contributed by atoms with Crippen molar-refractivity contribution in [2.24, 2.45) is 0 Å². The molecule has 0 bridgehead atoms. The van der Waals surface area contributed by atoms with Gasteiger partial charge in [-0.05, 0) is 26.7 Å². The van der Waals surface area contributed by atoms with Crippen LogP contribution in [-0.2, 0) is 9.53 Å². The summed E-state index contributed by atoms with van der Waals surface area (Å²) in [7, 11) is 1.58. The molecule has 1 amide bonds. The van der Waals surface area contributed by atoms with E-state index in [4.69, 9.17) is 9.15 Å². The summed E-state index contributed by atoms with van der Waals surface area (Å²) in [5.41, 5.74) is -0.417. The third kappa shape index (κ3) is 5.39. The van der Waals surface area contributed by atoms with Crippen molar-refractivity contribution >= 4 is 11.7 Å². The number of ketones is 1. The molecule has 8 nitrogen and oxygen atoms in total. The van der Waals surface area contributed by atoms with E-state index in [0.717, 1.165) is 25.7 Å². The molecule has 2 atom stereocenters. The molecule has 3 rings (SSSR count). The molecule has 1 N–H and O–H groups in total. The molecule has 1 aliphatic heterocycles. The fraction of sp³-hybridized carbons (Fsp3) is 0.800. The summed E-state index contributed by atoms with van der Waals surface area (Å²) >= 11 is 0. The highest BCUT2D eigenvalue weighted by molar-refractivity contribution is 5.99. The van der Waals surface area contributed by atoms with Gasteiger partial charge in [-0.15, -0.1) is 10.2 Å². The first-order valence-corrected chi connectivity index (χ1v) is 10.4. The number of carbonyl (C=O) groups is 2. The summed E-state index contributed by atoms with van der Waals surface area (Å²) in [6.07, 6.45) is 4.06. The minimum Gasteiger partial charge on any atom is -0.418 e. The number of rotatable bonds is 8. The Labute approximate surface area is 170 Å². The Kier molecular flexibility index (Phi) is 7.00. The molecule has 9 heteroatoms. The van der Waals surface area contributed by atoms with Crippen LogP contribution in [0.2, 0.25) is 0 Å². The average Bonchev–Trinajstić information content (AvgIpc) is 3.33. The van der Waals surface area contributed by atoms with Gasteiger partial charge in [0.15, 0.2) is 0 Å². The van der Waals surface area contributed by atoms with E-state index in [2.05, 4.69) is 15.5 Å². The first-order chi connectivity index (χ1) is 13.8. The van der Waals surface area contributed by atoms with Crippen LogP contribution in [0.25, 0.3) is 0 Å². The van der Waals surface area contributed by atoms with Crippen LogP contribution in [-0.4, -0.2) is 71.3 Å². The lowest BCUT2D eigenvalue weighted by molar-refractivity contribution is -0.131. The maximum absolute atomic E-state index is 14.1. The number of hydrogen-bond acceptors (Lipinski definition) is 7. The molecule has 1 aromatic rings. The molecule has 2 heterocycles. The number of halogens is 1. The molecule has 1 saturated carbocycles. The van der Waals surface area contributed by atoms with Crippen molar-refractivity contribution < 1.29 is 23.1 Å². The van der Waals surface area contributed by atoms with E-state index < -0.39 is 23.5 Å². The Morgan fingerprint density at radius 2 is 2.00 bits per heavy atom. The highest BCUT2D eigenvalue weighted by atomic mass is 19.1. The van der Waals surface area contributed by atoms with Crippen LogP contribution in [0.5, 0.6) is 0 Å². The molecule has 1 saturated heterocycles. The van der Waals surface area contributed by atoms with E-state index in [-0.39, 0.29) is 37.2 Å². The van der Waals surface area contributed by atoms with Gasteiger partial charge in [-0.3, -0.25) is 9.59 Å². The Morgan fingerprint density at radius 1 is 1.28 bits per heavy atom. The van der Waals surface area contributed by atoms with Crippen molar-refractivity contribution in [1.82, 2.24) is 20.4 Å². The molecule has 1 aromatic heterocycles. The third-order valence-electron chi connectivity index (χ3n) is 5.70. The maximum Gasteiger partial charge on any atom is 0.286 e. The lowest BCUT2D eigenvalue weighted by Crippen LogP contribution is -2.51. The topological polar surface area (TPSA) is 97.6 Å². The summed E-state index contributed by atoms with van der Waals surface area (Å²) in [5, 5.41) is 11.1. The SMILES string of the molecule is COCC(C)(C)NCC(=O)N1C[C@@H](F)CC1C(=O)c1nnc(C2CCCCC2)o1. The fourth-order valence-corrected chi connectivity index (χ4v) is 4.13. The summed E-state index contributed by atoms with van der Waals surface area (Å²) < 4.78 is 24.9. The van der Waals surface area contributed by atoms with E-state index in [0.29, 0.717) is 12.5 Å². The molecule has 0 aromatic carbocycles. The number of nitrogens with one attached hydrogen (secondary N) is 1. The Bertz CT molecular complexity index is 717. The first-order valence-electron chi connectivity index (χ1n) is 10.4. The van der Waals surface area contributed by atoms with Gasteiger partial charge in [-0.25, -0.2) is 4.39 Å². The number of aromatic nitrogens is 2. The lowest BCUT2D eigenvalue weighted by Gasteiger charge is -2.28. The second kappa shape index (κ2) is 9.30. The van der Waals surface area contributed by atoms with E-state index in [1.54, 1.807) is 7.11 Å². The summed E-state index contributed by atoms with van der Waals surface area (Å²) in [5.74, 6) is -0.289. The molecule has 29 heavy (non-hydrogen) atoms. The van der Waals surface area contributed by atoms with Gasteiger partial charge in [-0.1, -0.05) is 19.3 Å². The highest BCUT2D eigenvalue weighted by Crippen LogP contribution is 2.32. The highest BCUT2D eigenvalue weighted by Gasteiger charge is 2.42. The van der Waals surface area contributed by atoms with Crippen molar-refractivity contribution in [3.05, 3.63) is 11.8 Å². The minimum atomic E-state index is -1.25. The number of hydrogen-bond donors (Lipinski definition) is 1. The standard InChI is InChI=1S/C20H31FN4O4/c1-20(2,12-28-3)22-10-16(26)25-11-14(21)9-15(25)17(27)19-24-23-18(29-19)13-7-5-4-6-8-13/h13-15,22H,4-12H2,1-3H3/t14-,15?/m0/s1. The summed E-state index contributed by atoms with van der Waals surface area (Å²) in [4.78, 5) is 26.9. The zero-order chi connectivity index (χ0) is 21.0. The predicted octanol–water partition coefficient (Wildman–Crippen LogP) is 2.25. The van der Waals surface area contributed by atoms with E-state index in [1.165, 1.54) is 11.3 Å². The smallest absolute Gasteiger partial charge is 0.286 e. The molecule has 2 fully saturated rings. The molecular formula is C20H31FN4O4. The monoisotopic (exact) mass is 410 g/mol. The fourth-order valence-electron chi connectivity index (χ4n) is 4.13. The van der Waals surface area contributed by atoms with Crippen LogP contribution >= 0.6 is 0 Å². The zero-order valence-electron chi connectivity index (χ0n) is 17.4. The Hall–Kier alpha value is -1.87. The molecule has 162 valence electrons. The van der Waals surface area contributed by atoms with Gasteiger partial charge in [0.25, 0.3) is 5.89 Å². The van der Waals surface area contributed by atoms with Crippen LogP contribution in [0, 0.1) is 0 Å². The van der Waals surface area contributed by atoms with Crippen molar-refractivity contribution in [2.75, 3.05) is 26.8 Å². The molecule has 1 unspecified atom stereocenters. The minimum absolute atomic E-state index is 0.00990. The van der Waals surface area contributed by atoms with Crippen LogP contribution in [0.1, 0.15) is 74.9 Å². The number of likely N-dealkylation sites (tertiary alicyclic amines) is 1. The summed E-state index contributed by atoms with van der Waals surface area (Å²) in [6, 6.07) is -0.913. The predicted molar refractivity (Wildman–Crippen MR) is 103 cm³/mol. The van der Waals surface area contributed by atoms with Crippen LogP contribution in [0.15, 0.2) is 4.42 Å². The Morgan fingerprint density at radius 3 is 2.69 bits per heavy atom. The second-order valence-electron chi connectivity index (χ2n) is 8.71.